The molecule has 0 saturated carbocycles. The summed E-state index contributed by atoms with van der Waals surface area (Å²) in [6, 6.07) is 8.07. The minimum atomic E-state index is 0. The second-order valence-electron chi connectivity index (χ2n) is 4.89. The van der Waals surface area contributed by atoms with Crippen molar-refractivity contribution in [1.29, 1.82) is 0 Å². The third kappa shape index (κ3) is 8.28. The number of aliphatic imine (C=N–C) groups is 1. The number of halogens is 1. The van der Waals surface area contributed by atoms with Gasteiger partial charge in [0.2, 0.25) is 0 Å². The van der Waals surface area contributed by atoms with Crippen molar-refractivity contribution >= 4 is 53.0 Å². The summed E-state index contributed by atoms with van der Waals surface area (Å²) < 4.78 is 6.77. The minimum absolute atomic E-state index is 0. The number of hydrogen-bond donors (Lipinski definition) is 2. The third-order valence-corrected chi connectivity index (χ3v) is 5.24. The predicted octanol–water partition coefficient (Wildman–Crippen LogP) is 4.01. The van der Waals surface area contributed by atoms with Crippen LogP contribution in [-0.4, -0.2) is 36.9 Å². The molecule has 1 aromatic heterocycles. The number of benzene rings is 1. The molecule has 0 saturated heterocycles. The van der Waals surface area contributed by atoms with Crippen LogP contribution in [-0.2, 0) is 6.54 Å². The molecule has 0 aliphatic carbocycles. The van der Waals surface area contributed by atoms with E-state index < -0.39 is 0 Å². The zero-order chi connectivity index (χ0) is 17.0. The summed E-state index contributed by atoms with van der Waals surface area (Å²) in [5.41, 5.74) is 1.13. The summed E-state index contributed by atoms with van der Waals surface area (Å²) in [7, 11) is 1.79. The first-order valence-electron chi connectivity index (χ1n) is 8.01. The van der Waals surface area contributed by atoms with Crippen molar-refractivity contribution in [3.8, 4) is 5.75 Å². The molecular weight excluding hydrogens is 467 g/mol. The number of thiazole rings is 1. The maximum Gasteiger partial charge on any atom is 0.191 e. The Bertz CT molecular complexity index is 623. The van der Waals surface area contributed by atoms with Gasteiger partial charge in [0.1, 0.15) is 10.1 Å². The van der Waals surface area contributed by atoms with E-state index in [4.69, 9.17) is 4.74 Å². The Morgan fingerprint density at radius 3 is 2.88 bits per heavy atom. The first kappa shape index (κ1) is 22.0. The average Bonchev–Trinajstić information content (AvgIpc) is 3.12. The number of para-hydroxylation sites is 1. The number of hydrogen-bond acceptors (Lipinski definition) is 5. The van der Waals surface area contributed by atoms with Crippen LogP contribution in [0.4, 0.5) is 0 Å². The minimum Gasteiger partial charge on any atom is -0.494 e. The lowest BCUT2D eigenvalue weighted by Crippen LogP contribution is -2.37. The number of rotatable bonds is 9. The second kappa shape index (κ2) is 13.2. The normalized spacial score (nSPS) is 10.9. The van der Waals surface area contributed by atoms with Gasteiger partial charge in [-0.1, -0.05) is 30.0 Å². The summed E-state index contributed by atoms with van der Waals surface area (Å²) in [4.78, 5) is 8.53. The number of ether oxygens (including phenoxy) is 1. The van der Waals surface area contributed by atoms with Crippen LogP contribution in [0.25, 0.3) is 0 Å². The second-order valence-corrected chi connectivity index (χ2v) is 7.13. The van der Waals surface area contributed by atoms with E-state index in [2.05, 4.69) is 26.7 Å². The van der Waals surface area contributed by atoms with Crippen LogP contribution >= 0.6 is 47.1 Å². The van der Waals surface area contributed by atoms with Crippen molar-refractivity contribution in [1.82, 2.24) is 15.6 Å². The lowest BCUT2D eigenvalue weighted by Gasteiger charge is -2.14. The van der Waals surface area contributed by atoms with Crippen molar-refractivity contribution < 1.29 is 4.74 Å². The fourth-order valence-electron chi connectivity index (χ4n) is 2.07. The monoisotopic (exact) mass is 492 g/mol. The van der Waals surface area contributed by atoms with Crippen LogP contribution in [0.3, 0.4) is 0 Å². The average molecular weight is 492 g/mol. The van der Waals surface area contributed by atoms with Gasteiger partial charge in [-0.2, -0.15) is 0 Å². The highest BCUT2D eigenvalue weighted by molar-refractivity contribution is 14.0. The molecule has 0 spiro atoms. The molecule has 5 nitrogen and oxygen atoms in total. The van der Waals surface area contributed by atoms with E-state index in [1.54, 1.807) is 30.1 Å². The van der Waals surface area contributed by atoms with E-state index in [-0.39, 0.29) is 24.0 Å². The van der Waals surface area contributed by atoms with Gasteiger partial charge in [0.15, 0.2) is 5.96 Å². The fraction of sp³-hybridized carbons (Fsp3) is 0.412. The Morgan fingerprint density at radius 2 is 2.16 bits per heavy atom. The summed E-state index contributed by atoms with van der Waals surface area (Å²) in [5, 5.41) is 8.68. The quantitative estimate of drug-likeness (QED) is 0.182. The van der Waals surface area contributed by atoms with Gasteiger partial charge in [0, 0.05) is 43.0 Å². The zero-order valence-corrected chi connectivity index (χ0v) is 18.5. The topological polar surface area (TPSA) is 58.5 Å². The lowest BCUT2D eigenvalue weighted by molar-refractivity contribution is 0.336. The van der Waals surface area contributed by atoms with Gasteiger partial charge in [-0.05, 0) is 19.4 Å². The van der Waals surface area contributed by atoms with Crippen molar-refractivity contribution in [2.45, 2.75) is 24.2 Å². The Labute approximate surface area is 175 Å². The maximum atomic E-state index is 5.64. The van der Waals surface area contributed by atoms with Crippen LogP contribution in [0.2, 0.25) is 0 Å². The Morgan fingerprint density at radius 1 is 1.32 bits per heavy atom. The predicted molar refractivity (Wildman–Crippen MR) is 119 cm³/mol. The van der Waals surface area contributed by atoms with Gasteiger partial charge in [-0.25, -0.2) is 4.98 Å². The Kier molecular flexibility index (Phi) is 11.7. The molecular formula is C17H25IN4OS2. The van der Waals surface area contributed by atoms with E-state index in [0.717, 1.165) is 40.3 Å². The molecule has 0 aliphatic rings. The maximum absolute atomic E-state index is 5.64. The van der Waals surface area contributed by atoms with Crippen LogP contribution < -0.4 is 15.4 Å². The van der Waals surface area contributed by atoms with Crippen LogP contribution in [0, 0.1) is 0 Å². The fourth-order valence-corrected chi connectivity index (χ4v) is 3.71. The first-order chi connectivity index (χ1) is 11.8. The molecule has 0 bridgehead atoms. The molecule has 1 aromatic carbocycles. The van der Waals surface area contributed by atoms with Crippen LogP contribution in [0.15, 0.2) is 45.2 Å². The number of nitrogens with one attached hydrogen (secondary N) is 2. The van der Waals surface area contributed by atoms with E-state index in [1.807, 2.05) is 36.7 Å². The molecule has 0 amide bonds. The molecule has 25 heavy (non-hydrogen) atoms. The number of aromatic nitrogens is 1. The Balaban J connectivity index is 0.00000312. The van der Waals surface area contributed by atoms with Crippen LogP contribution in [0.5, 0.6) is 5.75 Å². The molecule has 2 rings (SSSR count). The molecule has 0 aliphatic heterocycles. The standard InChI is InChI=1S/C17H24N4OS2.HI/c1-3-22-15-8-5-4-7-14(15)13-21-16(18-2)19-9-6-11-23-17-20-10-12-24-17;/h4-5,7-8,10,12H,3,6,9,11,13H2,1-2H3,(H2,18,19,21);1H. The summed E-state index contributed by atoms with van der Waals surface area (Å²) in [5.74, 6) is 2.77. The molecule has 0 unspecified atom stereocenters. The molecule has 8 heteroatoms. The first-order valence-corrected chi connectivity index (χ1v) is 9.87. The van der Waals surface area contributed by atoms with Gasteiger partial charge >= 0.3 is 0 Å². The molecule has 2 N–H and O–H groups in total. The van der Waals surface area contributed by atoms with Gasteiger partial charge in [0.05, 0.1) is 6.61 Å². The van der Waals surface area contributed by atoms with Crippen molar-refractivity contribution in [3.63, 3.8) is 0 Å². The van der Waals surface area contributed by atoms with E-state index in [1.165, 1.54) is 0 Å². The lowest BCUT2D eigenvalue weighted by atomic mass is 10.2. The number of nitrogens with zero attached hydrogens (tertiary/aromatic N) is 2. The molecule has 2 aromatic rings. The van der Waals surface area contributed by atoms with Gasteiger partial charge < -0.3 is 15.4 Å². The zero-order valence-electron chi connectivity index (χ0n) is 14.5. The third-order valence-electron chi connectivity index (χ3n) is 3.19. The SMILES string of the molecule is CCOc1ccccc1CNC(=NC)NCCCSc1nccs1.I. The molecule has 0 fully saturated rings. The summed E-state index contributed by atoms with van der Waals surface area (Å²) in [6.45, 7) is 4.23. The smallest absolute Gasteiger partial charge is 0.191 e. The highest BCUT2D eigenvalue weighted by Gasteiger charge is 2.04. The van der Waals surface area contributed by atoms with Crippen LogP contribution in [0.1, 0.15) is 18.9 Å². The van der Waals surface area contributed by atoms with E-state index >= 15 is 0 Å². The van der Waals surface area contributed by atoms with Crippen molar-refractivity contribution in [3.05, 3.63) is 41.4 Å². The van der Waals surface area contributed by atoms with Gasteiger partial charge in [-0.3, -0.25) is 4.99 Å². The molecule has 138 valence electrons. The van der Waals surface area contributed by atoms with E-state index in [0.29, 0.717) is 13.2 Å². The number of guanidine groups is 1. The van der Waals surface area contributed by atoms with Gasteiger partial charge in [-0.15, -0.1) is 35.3 Å². The highest BCUT2D eigenvalue weighted by atomic mass is 127. The van der Waals surface area contributed by atoms with Crippen molar-refractivity contribution in [2.75, 3.05) is 26.0 Å². The summed E-state index contributed by atoms with van der Waals surface area (Å²) in [6.07, 6.45) is 2.90. The van der Waals surface area contributed by atoms with E-state index in [9.17, 15) is 0 Å². The Hall–Kier alpha value is -1.000. The van der Waals surface area contributed by atoms with Gasteiger partial charge in [0.25, 0.3) is 0 Å². The van der Waals surface area contributed by atoms with Crippen molar-refractivity contribution in [2.24, 2.45) is 4.99 Å². The highest BCUT2D eigenvalue weighted by Crippen LogP contribution is 2.20. The number of thioether (sulfide) groups is 1. The molecule has 0 radical (unpaired) electrons. The largest absolute Gasteiger partial charge is 0.494 e. The summed E-state index contributed by atoms with van der Waals surface area (Å²) >= 11 is 3.48. The molecule has 0 atom stereocenters. The molecule has 1 heterocycles.